The fourth-order valence-electron chi connectivity index (χ4n) is 2.05. The lowest BCUT2D eigenvalue weighted by Crippen LogP contribution is -2.17. The van der Waals surface area contributed by atoms with Crippen molar-refractivity contribution >= 4 is 11.6 Å². The van der Waals surface area contributed by atoms with Crippen LogP contribution in [0.25, 0.3) is 0 Å². The van der Waals surface area contributed by atoms with E-state index in [0.29, 0.717) is 6.04 Å². The quantitative estimate of drug-likeness (QED) is 0.810. The number of anilines is 2. The molecule has 0 aliphatic heterocycles. The largest absolute Gasteiger partial charge is 0.369 e. The van der Waals surface area contributed by atoms with E-state index in [-0.39, 0.29) is 0 Å². The molecule has 20 heavy (non-hydrogen) atoms. The number of hydrogen-bond acceptors (Lipinski definition) is 4. The van der Waals surface area contributed by atoms with Crippen LogP contribution in [0.2, 0.25) is 0 Å². The second-order valence-corrected chi connectivity index (χ2v) is 4.89. The summed E-state index contributed by atoms with van der Waals surface area (Å²) in [4.78, 5) is 8.66. The third-order valence-electron chi connectivity index (χ3n) is 3.10. The van der Waals surface area contributed by atoms with E-state index in [1.807, 2.05) is 13.0 Å². The van der Waals surface area contributed by atoms with Crippen molar-refractivity contribution in [2.24, 2.45) is 0 Å². The average molecular weight is 270 g/mol. The molecule has 0 aliphatic carbocycles. The first kappa shape index (κ1) is 14.3. The maximum Gasteiger partial charge on any atom is 0.147 e. The van der Waals surface area contributed by atoms with E-state index in [9.17, 15) is 0 Å². The molecule has 106 valence electrons. The summed E-state index contributed by atoms with van der Waals surface area (Å²) in [6.07, 6.45) is 5.63. The average Bonchev–Trinajstić information content (AvgIpc) is 2.47. The van der Waals surface area contributed by atoms with Gasteiger partial charge in [0.2, 0.25) is 0 Å². The number of rotatable bonds is 7. The smallest absolute Gasteiger partial charge is 0.147 e. The molecular formula is C16H22N4. The Balaban J connectivity index is 1.84. The van der Waals surface area contributed by atoms with E-state index in [0.717, 1.165) is 31.0 Å². The van der Waals surface area contributed by atoms with Gasteiger partial charge in [-0.3, -0.25) is 4.98 Å². The molecule has 2 N–H and O–H groups in total. The first-order chi connectivity index (χ1) is 9.78. The Kier molecular flexibility index (Phi) is 5.35. The number of nitrogens with zero attached hydrogens (tertiary/aromatic N) is 2. The zero-order valence-corrected chi connectivity index (χ0v) is 12.1. The third kappa shape index (κ3) is 4.53. The Morgan fingerprint density at radius 2 is 1.85 bits per heavy atom. The van der Waals surface area contributed by atoms with E-state index in [1.165, 1.54) is 5.56 Å². The Hall–Kier alpha value is -2.10. The highest BCUT2D eigenvalue weighted by atomic mass is 15.1. The molecule has 1 unspecified atom stereocenters. The molecule has 2 aromatic rings. The maximum absolute atomic E-state index is 4.47. The van der Waals surface area contributed by atoms with Gasteiger partial charge in [-0.15, -0.1) is 0 Å². The van der Waals surface area contributed by atoms with Crippen molar-refractivity contribution in [3.05, 3.63) is 48.3 Å². The standard InChI is InChI=1S/C16H22N4/c1-3-18-15-11-17-12-16(20-15)19-13(2)9-10-14-7-5-4-6-8-14/h4-8,11-13H,3,9-10H2,1-2H3,(H2,18,19,20). The zero-order chi connectivity index (χ0) is 14.2. The summed E-state index contributed by atoms with van der Waals surface area (Å²) < 4.78 is 0. The van der Waals surface area contributed by atoms with E-state index < -0.39 is 0 Å². The van der Waals surface area contributed by atoms with Crippen molar-refractivity contribution in [2.45, 2.75) is 32.7 Å². The van der Waals surface area contributed by atoms with Gasteiger partial charge in [-0.05, 0) is 32.3 Å². The van der Waals surface area contributed by atoms with Crippen molar-refractivity contribution in [1.82, 2.24) is 9.97 Å². The number of nitrogens with one attached hydrogen (secondary N) is 2. The molecule has 4 heteroatoms. The molecule has 4 nitrogen and oxygen atoms in total. The topological polar surface area (TPSA) is 49.8 Å². The van der Waals surface area contributed by atoms with Crippen LogP contribution in [0.4, 0.5) is 11.6 Å². The van der Waals surface area contributed by atoms with Gasteiger partial charge in [-0.2, -0.15) is 0 Å². The van der Waals surface area contributed by atoms with Crippen LogP contribution in [-0.2, 0) is 6.42 Å². The molecule has 0 radical (unpaired) electrons. The second kappa shape index (κ2) is 7.48. The lowest BCUT2D eigenvalue weighted by Gasteiger charge is -2.15. The van der Waals surface area contributed by atoms with E-state index in [1.54, 1.807) is 12.4 Å². The van der Waals surface area contributed by atoms with Gasteiger partial charge in [0.05, 0.1) is 12.4 Å². The molecule has 0 amide bonds. The van der Waals surface area contributed by atoms with Gasteiger partial charge < -0.3 is 10.6 Å². The van der Waals surface area contributed by atoms with Gasteiger partial charge in [0.15, 0.2) is 0 Å². The molecule has 2 rings (SSSR count). The minimum absolute atomic E-state index is 0.362. The van der Waals surface area contributed by atoms with Gasteiger partial charge >= 0.3 is 0 Å². The van der Waals surface area contributed by atoms with Gasteiger partial charge in [-0.25, -0.2) is 4.98 Å². The van der Waals surface area contributed by atoms with E-state index in [2.05, 4.69) is 51.8 Å². The van der Waals surface area contributed by atoms with Crippen molar-refractivity contribution in [1.29, 1.82) is 0 Å². The summed E-state index contributed by atoms with van der Waals surface area (Å²) in [6.45, 7) is 5.07. The minimum atomic E-state index is 0.362. The lowest BCUT2D eigenvalue weighted by molar-refractivity contribution is 0.702. The lowest BCUT2D eigenvalue weighted by atomic mass is 10.1. The Morgan fingerprint density at radius 1 is 1.10 bits per heavy atom. The van der Waals surface area contributed by atoms with Crippen molar-refractivity contribution in [2.75, 3.05) is 17.2 Å². The summed E-state index contributed by atoms with van der Waals surface area (Å²) in [5.74, 6) is 1.64. The predicted molar refractivity (Wildman–Crippen MR) is 84.0 cm³/mol. The minimum Gasteiger partial charge on any atom is -0.369 e. The monoisotopic (exact) mass is 270 g/mol. The first-order valence-electron chi connectivity index (χ1n) is 7.14. The normalized spacial score (nSPS) is 11.9. The van der Waals surface area contributed by atoms with E-state index >= 15 is 0 Å². The van der Waals surface area contributed by atoms with Crippen LogP contribution >= 0.6 is 0 Å². The number of aryl methyl sites for hydroxylation is 1. The third-order valence-corrected chi connectivity index (χ3v) is 3.10. The van der Waals surface area contributed by atoms with Crippen molar-refractivity contribution in [3.63, 3.8) is 0 Å². The highest BCUT2D eigenvalue weighted by Gasteiger charge is 2.04. The van der Waals surface area contributed by atoms with Crippen LogP contribution in [0, 0.1) is 0 Å². The number of hydrogen-bond donors (Lipinski definition) is 2. The zero-order valence-electron chi connectivity index (χ0n) is 12.1. The maximum atomic E-state index is 4.47. The molecule has 1 aromatic heterocycles. The SMILES string of the molecule is CCNc1cncc(NC(C)CCc2ccccc2)n1. The van der Waals surface area contributed by atoms with Crippen LogP contribution in [0.15, 0.2) is 42.7 Å². The molecule has 1 aromatic carbocycles. The molecule has 0 spiro atoms. The predicted octanol–water partition coefficient (Wildman–Crippen LogP) is 3.34. The molecule has 0 aliphatic rings. The summed E-state index contributed by atoms with van der Waals surface area (Å²) in [5, 5.41) is 6.56. The van der Waals surface area contributed by atoms with E-state index in [4.69, 9.17) is 0 Å². The fraction of sp³-hybridized carbons (Fsp3) is 0.375. The van der Waals surface area contributed by atoms with Crippen LogP contribution in [0.5, 0.6) is 0 Å². The Labute approximate surface area is 120 Å². The summed E-state index contributed by atoms with van der Waals surface area (Å²) in [5.41, 5.74) is 1.37. The molecule has 0 fully saturated rings. The van der Waals surface area contributed by atoms with Gasteiger partial charge in [0.25, 0.3) is 0 Å². The Bertz CT molecular complexity index is 513. The van der Waals surface area contributed by atoms with Crippen LogP contribution in [0.3, 0.4) is 0 Å². The van der Waals surface area contributed by atoms with Crippen molar-refractivity contribution in [3.8, 4) is 0 Å². The molecule has 1 heterocycles. The Morgan fingerprint density at radius 3 is 2.60 bits per heavy atom. The molecule has 0 saturated heterocycles. The highest BCUT2D eigenvalue weighted by molar-refractivity contribution is 5.41. The van der Waals surface area contributed by atoms with Gasteiger partial charge in [-0.1, -0.05) is 30.3 Å². The molecule has 1 atom stereocenters. The fourth-order valence-corrected chi connectivity index (χ4v) is 2.05. The number of benzene rings is 1. The van der Waals surface area contributed by atoms with Crippen LogP contribution in [-0.4, -0.2) is 22.6 Å². The molecule has 0 saturated carbocycles. The van der Waals surface area contributed by atoms with Crippen LogP contribution < -0.4 is 10.6 Å². The van der Waals surface area contributed by atoms with Gasteiger partial charge in [0.1, 0.15) is 11.6 Å². The summed E-state index contributed by atoms with van der Waals surface area (Å²) in [7, 11) is 0. The molecule has 0 bridgehead atoms. The number of aromatic nitrogens is 2. The van der Waals surface area contributed by atoms with Gasteiger partial charge in [0, 0.05) is 12.6 Å². The van der Waals surface area contributed by atoms with Crippen molar-refractivity contribution < 1.29 is 0 Å². The summed E-state index contributed by atoms with van der Waals surface area (Å²) in [6, 6.07) is 10.9. The van der Waals surface area contributed by atoms with Crippen LogP contribution in [0.1, 0.15) is 25.8 Å². The summed E-state index contributed by atoms with van der Waals surface area (Å²) >= 11 is 0. The highest BCUT2D eigenvalue weighted by Crippen LogP contribution is 2.11. The second-order valence-electron chi connectivity index (χ2n) is 4.89. The first-order valence-corrected chi connectivity index (χ1v) is 7.14. The molecular weight excluding hydrogens is 248 g/mol.